The summed E-state index contributed by atoms with van der Waals surface area (Å²) < 4.78 is 18.0. The maximum Gasteiger partial charge on any atom is 0.276 e. The van der Waals surface area contributed by atoms with Gasteiger partial charge in [0.25, 0.3) is 5.91 Å². The molecule has 6 nitrogen and oxygen atoms in total. The molecule has 2 heterocycles. The second kappa shape index (κ2) is 7.83. The lowest BCUT2D eigenvalue weighted by molar-refractivity contribution is 0.102. The molecule has 0 saturated carbocycles. The Morgan fingerprint density at radius 1 is 1.13 bits per heavy atom. The van der Waals surface area contributed by atoms with Crippen LogP contribution in [0.5, 0.6) is 0 Å². The van der Waals surface area contributed by atoms with Crippen molar-refractivity contribution in [3.63, 3.8) is 0 Å². The number of aryl methyl sites for hydroxylation is 1. The van der Waals surface area contributed by atoms with Crippen LogP contribution in [0.3, 0.4) is 0 Å². The Labute approximate surface area is 179 Å². The highest BCUT2D eigenvalue weighted by atomic mass is 19.1. The number of hydrogen-bond donors (Lipinski definition) is 1. The average molecular weight is 415 g/mol. The molecular formula is C24H22FN5O. The monoisotopic (exact) mass is 415 g/mol. The van der Waals surface area contributed by atoms with E-state index < -0.39 is 0 Å². The lowest BCUT2D eigenvalue weighted by Gasteiger charge is -2.08. The zero-order valence-electron chi connectivity index (χ0n) is 17.2. The van der Waals surface area contributed by atoms with Gasteiger partial charge in [-0.15, -0.1) is 0 Å². The van der Waals surface area contributed by atoms with Crippen molar-refractivity contribution in [2.24, 2.45) is 0 Å². The third-order valence-electron chi connectivity index (χ3n) is 5.71. The number of imidazole rings is 1. The summed E-state index contributed by atoms with van der Waals surface area (Å²) in [7, 11) is 0. The van der Waals surface area contributed by atoms with Gasteiger partial charge in [-0.2, -0.15) is 5.10 Å². The van der Waals surface area contributed by atoms with E-state index >= 15 is 0 Å². The van der Waals surface area contributed by atoms with Gasteiger partial charge in [0.1, 0.15) is 17.3 Å². The van der Waals surface area contributed by atoms with Crippen LogP contribution in [0.4, 0.5) is 10.1 Å². The van der Waals surface area contributed by atoms with Gasteiger partial charge in [-0.25, -0.2) is 14.1 Å². The Balaban J connectivity index is 1.37. The Morgan fingerprint density at radius 2 is 1.94 bits per heavy atom. The fourth-order valence-corrected chi connectivity index (χ4v) is 4.09. The minimum absolute atomic E-state index is 0.272. The summed E-state index contributed by atoms with van der Waals surface area (Å²) in [5.74, 6) is 0.332. The number of benzene rings is 2. The van der Waals surface area contributed by atoms with Gasteiger partial charge >= 0.3 is 0 Å². The van der Waals surface area contributed by atoms with E-state index in [1.807, 2.05) is 37.4 Å². The first-order chi connectivity index (χ1) is 15.1. The number of hydrogen-bond acceptors (Lipinski definition) is 3. The molecule has 2 aromatic heterocycles. The van der Waals surface area contributed by atoms with Crippen molar-refractivity contribution in [2.45, 2.75) is 32.7 Å². The van der Waals surface area contributed by atoms with Crippen molar-refractivity contribution in [2.75, 3.05) is 5.32 Å². The minimum atomic E-state index is -0.352. The first-order valence-electron chi connectivity index (χ1n) is 10.3. The fraction of sp³-hybridized carbons (Fsp3) is 0.208. The lowest BCUT2D eigenvalue weighted by Crippen LogP contribution is -2.15. The molecule has 1 aliphatic rings. The number of amides is 1. The number of anilines is 1. The molecule has 0 radical (unpaired) electrons. The number of carbonyl (C=O) groups is 1. The number of nitrogens with one attached hydrogen (secondary N) is 1. The molecule has 0 aliphatic heterocycles. The molecule has 1 amide bonds. The molecule has 0 atom stereocenters. The maximum atomic E-state index is 14.3. The van der Waals surface area contributed by atoms with E-state index in [9.17, 15) is 9.18 Å². The number of nitrogens with zero attached hydrogens (tertiary/aromatic N) is 4. The number of para-hydroxylation sites is 1. The normalized spacial score (nSPS) is 12.7. The molecule has 7 heteroatoms. The molecule has 0 spiro atoms. The molecule has 156 valence electrons. The Morgan fingerprint density at radius 3 is 2.68 bits per heavy atom. The van der Waals surface area contributed by atoms with Crippen LogP contribution in [0.25, 0.3) is 5.69 Å². The van der Waals surface area contributed by atoms with Crippen LogP contribution < -0.4 is 5.32 Å². The molecule has 0 fully saturated rings. The summed E-state index contributed by atoms with van der Waals surface area (Å²) in [4.78, 5) is 17.2. The van der Waals surface area contributed by atoms with Crippen LogP contribution in [-0.2, 0) is 19.4 Å². The van der Waals surface area contributed by atoms with E-state index in [1.165, 1.54) is 6.07 Å². The summed E-state index contributed by atoms with van der Waals surface area (Å²) >= 11 is 0. The zero-order valence-corrected chi connectivity index (χ0v) is 17.2. The van der Waals surface area contributed by atoms with Gasteiger partial charge in [0.05, 0.1) is 0 Å². The molecule has 5 rings (SSSR count). The summed E-state index contributed by atoms with van der Waals surface area (Å²) in [6.45, 7) is 2.69. The van der Waals surface area contributed by atoms with Gasteiger partial charge in [0.2, 0.25) is 0 Å². The molecular weight excluding hydrogens is 393 g/mol. The van der Waals surface area contributed by atoms with Crippen LogP contribution >= 0.6 is 0 Å². The van der Waals surface area contributed by atoms with Gasteiger partial charge in [0.15, 0.2) is 5.69 Å². The van der Waals surface area contributed by atoms with E-state index in [-0.39, 0.29) is 11.7 Å². The van der Waals surface area contributed by atoms with Gasteiger partial charge < -0.3 is 9.88 Å². The number of halogens is 1. The van der Waals surface area contributed by atoms with Crippen LogP contribution in [0.15, 0.2) is 60.9 Å². The summed E-state index contributed by atoms with van der Waals surface area (Å²) in [6, 6.07) is 14.2. The maximum absolute atomic E-state index is 14.3. The van der Waals surface area contributed by atoms with Crippen LogP contribution in [0.1, 0.15) is 39.6 Å². The van der Waals surface area contributed by atoms with E-state index in [1.54, 1.807) is 29.1 Å². The molecule has 2 aromatic carbocycles. The van der Waals surface area contributed by atoms with E-state index in [4.69, 9.17) is 0 Å². The quantitative estimate of drug-likeness (QED) is 0.528. The SMILES string of the molecule is Cc1nccn1Cc1ccc(NC(=O)c2nn(-c3ccccc3F)c3c2CCC3)cc1. The van der Waals surface area contributed by atoms with Crippen molar-refractivity contribution in [1.29, 1.82) is 0 Å². The first-order valence-corrected chi connectivity index (χ1v) is 10.3. The van der Waals surface area contributed by atoms with Crippen LogP contribution in [0, 0.1) is 12.7 Å². The third kappa shape index (κ3) is 3.63. The molecule has 0 unspecified atom stereocenters. The Hall–Kier alpha value is -3.74. The molecule has 1 N–H and O–H groups in total. The van der Waals surface area contributed by atoms with Crippen molar-refractivity contribution < 1.29 is 9.18 Å². The smallest absolute Gasteiger partial charge is 0.276 e. The first kappa shape index (κ1) is 19.2. The number of aromatic nitrogens is 4. The van der Waals surface area contributed by atoms with Gasteiger partial charge in [-0.3, -0.25) is 4.79 Å². The topological polar surface area (TPSA) is 64.7 Å². The Kier molecular flexibility index (Phi) is 4.86. The molecule has 4 aromatic rings. The standard InChI is InChI=1S/C24H22FN5O/c1-16-26-13-14-29(16)15-17-9-11-18(12-10-17)27-24(31)23-19-5-4-8-21(19)30(28-23)22-7-3-2-6-20(22)25/h2-3,6-7,9-14H,4-5,8,15H2,1H3,(H,27,31). The number of carbonyl (C=O) groups excluding carboxylic acids is 1. The zero-order chi connectivity index (χ0) is 21.4. The minimum Gasteiger partial charge on any atom is -0.331 e. The summed E-state index contributed by atoms with van der Waals surface area (Å²) in [6.07, 6.45) is 6.21. The summed E-state index contributed by atoms with van der Waals surface area (Å²) in [5.41, 5.74) is 4.38. The molecule has 0 saturated heterocycles. The third-order valence-corrected chi connectivity index (χ3v) is 5.71. The highest BCUT2D eigenvalue weighted by molar-refractivity contribution is 6.04. The molecule has 0 bridgehead atoms. The predicted molar refractivity (Wildman–Crippen MR) is 116 cm³/mol. The lowest BCUT2D eigenvalue weighted by atomic mass is 10.1. The second-order valence-electron chi connectivity index (χ2n) is 7.74. The van der Waals surface area contributed by atoms with Crippen molar-refractivity contribution in [3.8, 4) is 5.69 Å². The van der Waals surface area contributed by atoms with Crippen molar-refractivity contribution >= 4 is 11.6 Å². The predicted octanol–water partition coefficient (Wildman–Crippen LogP) is 4.31. The van der Waals surface area contributed by atoms with Gasteiger partial charge in [-0.05, 0) is 56.0 Å². The number of rotatable bonds is 5. The van der Waals surface area contributed by atoms with Crippen molar-refractivity contribution in [3.05, 3.63) is 95.1 Å². The van der Waals surface area contributed by atoms with Crippen LogP contribution in [-0.4, -0.2) is 25.2 Å². The highest BCUT2D eigenvalue weighted by Gasteiger charge is 2.27. The summed E-state index contributed by atoms with van der Waals surface area (Å²) in [5, 5.41) is 7.43. The fourth-order valence-electron chi connectivity index (χ4n) is 4.09. The average Bonchev–Trinajstić information content (AvgIpc) is 3.47. The van der Waals surface area contributed by atoms with Gasteiger partial charge in [0, 0.05) is 35.9 Å². The van der Waals surface area contributed by atoms with E-state index in [2.05, 4.69) is 20.0 Å². The van der Waals surface area contributed by atoms with E-state index in [0.29, 0.717) is 17.1 Å². The number of fused-ring (bicyclic) bond motifs is 1. The van der Waals surface area contributed by atoms with Crippen LogP contribution in [0.2, 0.25) is 0 Å². The van der Waals surface area contributed by atoms with Crippen molar-refractivity contribution in [1.82, 2.24) is 19.3 Å². The second-order valence-corrected chi connectivity index (χ2v) is 7.74. The molecule has 1 aliphatic carbocycles. The van der Waals surface area contributed by atoms with Gasteiger partial charge in [-0.1, -0.05) is 24.3 Å². The van der Waals surface area contributed by atoms with E-state index in [0.717, 1.165) is 48.5 Å². The highest BCUT2D eigenvalue weighted by Crippen LogP contribution is 2.29. The Bertz CT molecular complexity index is 1260. The molecule has 31 heavy (non-hydrogen) atoms. The largest absolute Gasteiger partial charge is 0.331 e.